The summed E-state index contributed by atoms with van der Waals surface area (Å²) in [5, 5.41) is 10.4. The fraction of sp³-hybridized carbons (Fsp3) is 0.625. The molecule has 0 aliphatic carbocycles. The minimum Gasteiger partial charge on any atom is -0.382 e. The molecule has 7 heteroatoms. The van der Waals surface area contributed by atoms with Crippen molar-refractivity contribution in [2.45, 2.75) is 13.3 Å². The Morgan fingerprint density at radius 1 is 1.33 bits per heavy atom. The first kappa shape index (κ1) is 12.4. The smallest absolute Gasteiger partial charge is 0.245 e. The molecule has 84 valence electrons. The van der Waals surface area contributed by atoms with Crippen LogP contribution in [-0.4, -0.2) is 34.9 Å². The van der Waals surface area contributed by atoms with Crippen molar-refractivity contribution in [1.82, 2.24) is 15.2 Å². The maximum atomic E-state index is 5.75. The lowest BCUT2D eigenvalue weighted by Gasteiger charge is -2.05. The summed E-state index contributed by atoms with van der Waals surface area (Å²) in [6.07, 6.45) is 0.867. The molecule has 0 saturated heterocycles. The Morgan fingerprint density at radius 3 is 2.87 bits per heavy atom. The van der Waals surface area contributed by atoms with E-state index in [0.717, 1.165) is 13.0 Å². The summed E-state index contributed by atoms with van der Waals surface area (Å²) in [5.74, 6) is 0.452. The van der Waals surface area contributed by atoms with Gasteiger partial charge in [-0.15, -0.1) is 10.2 Å². The van der Waals surface area contributed by atoms with E-state index in [1.54, 1.807) is 0 Å². The van der Waals surface area contributed by atoms with Crippen LogP contribution in [0.5, 0.6) is 0 Å². The Balaban J connectivity index is 2.33. The normalized spacial score (nSPS) is 10.3. The molecular formula is C8H12Cl2N4O. The zero-order chi connectivity index (χ0) is 11.1. The molecule has 0 aromatic carbocycles. The van der Waals surface area contributed by atoms with Crippen molar-refractivity contribution in [2.24, 2.45) is 0 Å². The number of aromatic nitrogens is 3. The van der Waals surface area contributed by atoms with E-state index in [1.807, 2.05) is 6.92 Å². The molecular weight excluding hydrogens is 239 g/mol. The third-order valence-electron chi connectivity index (χ3n) is 1.58. The number of rotatable bonds is 6. The number of hydrogen-bond donors (Lipinski definition) is 1. The number of ether oxygens (including phenoxy) is 1. The van der Waals surface area contributed by atoms with Crippen LogP contribution in [0, 0.1) is 0 Å². The standard InChI is InChI=1S/C8H12Cl2N4O/c1-2-15-5-3-4-11-7-6(9)13-14-8(10)12-7/h2-5H2,1H3,(H,11,12,14). The molecule has 1 N–H and O–H groups in total. The number of hydrogen-bond acceptors (Lipinski definition) is 5. The zero-order valence-corrected chi connectivity index (χ0v) is 9.85. The highest BCUT2D eigenvalue weighted by molar-refractivity contribution is 6.32. The highest BCUT2D eigenvalue weighted by Gasteiger charge is 2.04. The first-order chi connectivity index (χ1) is 7.24. The van der Waals surface area contributed by atoms with Gasteiger partial charge in [-0.05, 0) is 24.9 Å². The SMILES string of the molecule is CCOCCCNc1nc(Cl)nnc1Cl. The van der Waals surface area contributed by atoms with Crippen LogP contribution in [0.15, 0.2) is 0 Å². The van der Waals surface area contributed by atoms with E-state index in [9.17, 15) is 0 Å². The van der Waals surface area contributed by atoms with Gasteiger partial charge in [-0.2, -0.15) is 4.98 Å². The highest BCUT2D eigenvalue weighted by Crippen LogP contribution is 2.15. The first-order valence-electron chi connectivity index (χ1n) is 4.61. The predicted octanol–water partition coefficient (Wildman–Crippen LogP) is 2.02. The molecule has 15 heavy (non-hydrogen) atoms. The molecule has 5 nitrogen and oxygen atoms in total. The highest BCUT2D eigenvalue weighted by atomic mass is 35.5. The van der Waals surface area contributed by atoms with Crippen LogP contribution in [0.1, 0.15) is 13.3 Å². The van der Waals surface area contributed by atoms with E-state index in [-0.39, 0.29) is 10.4 Å². The molecule has 0 bridgehead atoms. The summed E-state index contributed by atoms with van der Waals surface area (Å²) in [6.45, 7) is 4.09. The van der Waals surface area contributed by atoms with Crippen molar-refractivity contribution in [3.63, 3.8) is 0 Å². The van der Waals surface area contributed by atoms with Crippen molar-refractivity contribution in [3.05, 3.63) is 10.4 Å². The van der Waals surface area contributed by atoms with Gasteiger partial charge in [0.1, 0.15) is 0 Å². The van der Waals surface area contributed by atoms with Crippen LogP contribution in [0.2, 0.25) is 10.4 Å². The molecule has 1 heterocycles. The fourth-order valence-electron chi connectivity index (χ4n) is 0.931. The summed E-state index contributed by atoms with van der Waals surface area (Å²) < 4.78 is 5.18. The van der Waals surface area contributed by atoms with Gasteiger partial charge in [-0.1, -0.05) is 11.6 Å². The number of anilines is 1. The van der Waals surface area contributed by atoms with Gasteiger partial charge in [-0.25, -0.2) is 0 Å². The van der Waals surface area contributed by atoms with Crippen molar-refractivity contribution < 1.29 is 4.74 Å². The lowest BCUT2D eigenvalue weighted by atomic mass is 10.4. The second kappa shape index (κ2) is 6.76. The molecule has 1 aromatic heterocycles. The van der Waals surface area contributed by atoms with E-state index >= 15 is 0 Å². The average Bonchev–Trinajstić information content (AvgIpc) is 2.23. The van der Waals surface area contributed by atoms with Gasteiger partial charge in [0.25, 0.3) is 0 Å². The first-order valence-corrected chi connectivity index (χ1v) is 5.37. The largest absolute Gasteiger partial charge is 0.382 e. The van der Waals surface area contributed by atoms with Crippen molar-refractivity contribution in [2.75, 3.05) is 25.1 Å². The second-order valence-electron chi connectivity index (χ2n) is 2.70. The van der Waals surface area contributed by atoms with Crippen LogP contribution < -0.4 is 5.32 Å². The van der Waals surface area contributed by atoms with Crippen LogP contribution in [0.3, 0.4) is 0 Å². The summed E-state index contributed by atoms with van der Waals surface area (Å²) >= 11 is 11.3. The van der Waals surface area contributed by atoms with Crippen molar-refractivity contribution >= 4 is 29.0 Å². The summed E-state index contributed by atoms with van der Waals surface area (Å²) in [4.78, 5) is 3.90. The monoisotopic (exact) mass is 250 g/mol. The van der Waals surface area contributed by atoms with Crippen LogP contribution in [-0.2, 0) is 4.74 Å². The van der Waals surface area contributed by atoms with E-state index in [0.29, 0.717) is 19.0 Å². The molecule has 0 aliphatic heterocycles. The molecule has 1 rings (SSSR count). The summed E-state index contributed by atoms with van der Waals surface area (Å²) in [6, 6.07) is 0. The van der Waals surface area contributed by atoms with Crippen molar-refractivity contribution in [3.8, 4) is 0 Å². The molecule has 0 amide bonds. The maximum Gasteiger partial charge on any atom is 0.245 e. The third-order valence-corrected chi connectivity index (χ3v) is 2.00. The average molecular weight is 251 g/mol. The van der Waals surface area contributed by atoms with E-state index in [4.69, 9.17) is 27.9 Å². The molecule has 0 aliphatic rings. The Labute approximate surface area is 98.2 Å². The van der Waals surface area contributed by atoms with E-state index < -0.39 is 0 Å². The second-order valence-corrected chi connectivity index (χ2v) is 3.39. The van der Waals surface area contributed by atoms with E-state index in [2.05, 4.69) is 20.5 Å². The zero-order valence-electron chi connectivity index (χ0n) is 8.33. The maximum absolute atomic E-state index is 5.75. The van der Waals surface area contributed by atoms with Crippen LogP contribution >= 0.6 is 23.2 Å². The predicted molar refractivity (Wildman–Crippen MR) is 59.4 cm³/mol. The van der Waals surface area contributed by atoms with Crippen LogP contribution in [0.4, 0.5) is 5.82 Å². The van der Waals surface area contributed by atoms with E-state index in [1.165, 1.54) is 0 Å². The Hall–Kier alpha value is -0.650. The fourth-order valence-corrected chi connectivity index (χ4v) is 1.20. The van der Waals surface area contributed by atoms with Gasteiger partial charge in [0, 0.05) is 19.8 Å². The van der Waals surface area contributed by atoms with Gasteiger partial charge in [0.15, 0.2) is 11.0 Å². The molecule has 1 aromatic rings. The molecule has 0 saturated carbocycles. The number of nitrogens with zero attached hydrogens (tertiary/aromatic N) is 3. The van der Waals surface area contributed by atoms with Gasteiger partial charge in [-0.3, -0.25) is 0 Å². The Bertz CT molecular complexity index is 311. The number of nitrogens with one attached hydrogen (secondary N) is 1. The minimum atomic E-state index is 0.0757. The topological polar surface area (TPSA) is 59.9 Å². The molecule has 0 spiro atoms. The number of halogens is 2. The molecule has 0 unspecified atom stereocenters. The van der Waals surface area contributed by atoms with Gasteiger partial charge >= 0.3 is 0 Å². The summed E-state index contributed by atoms with van der Waals surface area (Å²) in [7, 11) is 0. The minimum absolute atomic E-state index is 0.0757. The Morgan fingerprint density at radius 2 is 2.13 bits per heavy atom. The lowest BCUT2D eigenvalue weighted by Crippen LogP contribution is -2.08. The molecule has 0 fully saturated rings. The lowest BCUT2D eigenvalue weighted by molar-refractivity contribution is 0.147. The molecule has 0 atom stereocenters. The van der Waals surface area contributed by atoms with Crippen LogP contribution in [0.25, 0.3) is 0 Å². The third kappa shape index (κ3) is 4.59. The molecule has 0 radical (unpaired) electrons. The van der Waals surface area contributed by atoms with Gasteiger partial charge in [0.2, 0.25) is 5.28 Å². The van der Waals surface area contributed by atoms with Gasteiger partial charge in [0.05, 0.1) is 0 Å². The quantitative estimate of drug-likeness (QED) is 0.783. The Kier molecular flexibility index (Phi) is 5.60. The summed E-state index contributed by atoms with van der Waals surface area (Å²) in [5.41, 5.74) is 0. The van der Waals surface area contributed by atoms with Crippen molar-refractivity contribution in [1.29, 1.82) is 0 Å². The van der Waals surface area contributed by atoms with Gasteiger partial charge < -0.3 is 10.1 Å².